The Balaban J connectivity index is 1.80. The molecular formula is C17H16FN9O2. The highest BCUT2D eigenvalue weighted by Crippen LogP contribution is 2.21. The number of halogens is 1. The van der Waals surface area contributed by atoms with Crippen molar-refractivity contribution >= 4 is 28.9 Å². The van der Waals surface area contributed by atoms with Crippen molar-refractivity contribution < 1.29 is 9.18 Å². The second-order valence-corrected chi connectivity index (χ2v) is 6.10. The molecule has 4 rings (SSSR count). The van der Waals surface area contributed by atoms with Gasteiger partial charge in [-0.15, -0.1) is 0 Å². The SMILES string of the molecule is CNc1cc(Nc2cccn(-c3cnn(C)c3F)c2=O)nc2c(C(N)=O)cnn12. The maximum atomic E-state index is 14.2. The van der Waals surface area contributed by atoms with Gasteiger partial charge in [0.05, 0.1) is 12.4 Å². The first-order valence-electron chi connectivity index (χ1n) is 8.43. The zero-order chi connectivity index (χ0) is 20.7. The molecule has 0 saturated carbocycles. The third kappa shape index (κ3) is 2.96. The number of fused-ring (bicyclic) bond motifs is 1. The summed E-state index contributed by atoms with van der Waals surface area (Å²) in [6, 6.07) is 4.72. The van der Waals surface area contributed by atoms with E-state index in [1.54, 1.807) is 19.2 Å². The molecule has 4 aromatic rings. The van der Waals surface area contributed by atoms with Crippen molar-refractivity contribution in [3.63, 3.8) is 0 Å². The third-order valence-electron chi connectivity index (χ3n) is 4.31. The number of nitrogens with two attached hydrogens (primary N) is 1. The molecule has 0 spiro atoms. The summed E-state index contributed by atoms with van der Waals surface area (Å²) in [4.78, 5) is 28.8. The molecule has 0 radical (unpaired) electrons. The highest BCUT2D eigenvalue weighted by molar-refractivity contribution is 5.98. The Labute approximate surface area is 162 Å². The molecule has 12 heteroatoms. The van der Waals surface area contributed by atoms with Crippen molar-refractivity contribution in [2.75, 3.05) is 17.7 Å². The van der Waals surface area contributed by atoms with Crippen LogP contribution in [0.1, 0.15) is 10.4 Å². The van der Waals surface area contributed by atoms with Crippen LogP contribution in [0.15, 0.2) is 41.6 Å². The number of primary amides is 1. The van der Waals surface area contributed by atoms with Crippen molar-refractivity contribution in [2.24, 2.45) is 12.8 Å². The monoisotopic (exact) mass is 397 g/mol. The fraction of sp³-hybridized carbons (Fsp3) is 0.118. The minimum absolute atomic E-state index is 0.0206. The van der Waals surface area contributed by atoms with Gasteiger partial charge in [0.2, 0.25) is 5.95 Å². The van der Waals surface area contributed by atoms with Gasteiger partial charge < -0.3 is 16.4 Å². The number of aromatic nitrogens is 6. The van der Waals surface area contributed by atoms with Gasteiger partial charge >= 0.3 is 0 Å². The molecule has 4 heterocycles. The molecule has 0 saturated heterocycles. The molecule has 29 heavy (non-hydrogen) atoms. The largest absolute Gasteiger partial charge is 0.373 e. The minimum atomic E-state index is -0.680. The van der Waals surface area contributed by atoms with E-state index in [-0.39, 0.29) is 28.4 Å². The van der Waals surface area contributed by atoms with E-state index in [9.17, 15) is 14.0 Å². The third-order valence-corrected chi connectivity index (χ3v) is 4.31. The molecule has 0 atom stereocenters. The molecule has 0 unspecified atom stereocenters. The number of nitrogens with zero attached hydrogens (tertiary/aromatic N) is 6. The number of nitrogens with one attached hydrogen (secondary N) is 2. The standard InChI is InChI=1S/C17H16FN9O2/c1-20-13-6-12(24-16-9(15(19)28)7-22-27(13)16)23-10-4-3-5-26(17(10)29)11-8-21-25(2)14(11)18/h3-8,20H,1-2H3,(H2,19,28)(H,23,24). The summed E-state index contributed by atoms with van der Waals surface area (Å²) in [5, 5.41) is 13.7. The molecule has 11 nitrogen and oxygen atoms in total. The van der Waals surface area contributed by atoms with E-state index < -0.39 is 17.4 Å². The van der Waals surface area contributed by atoms with Crippen molar-refractivity contribution in [1.29, 1.82) is 0 Å². The lowest BCUT2D eigenvalue weighted by atomic mass is 10.3. The molecule has 0 aliphatic rings. The van der Waals surface area contributed by atoms with E-state index in [0.29, 0.717) is 5.82 Å². The van der Waals surface area contributed by atoms with E-state index in [4.69, 9.17) is 5.73 Å². The number of hydrogen-bond acceptors (Lipinski definition) is 7. The van der Waals surface area contributed by atoms with Gasteiger partial charge in [0.1, 0.15) is 28.6 Å². The molecule has 0 aromatic carbocycles. The number of aryl methyl sites for hydroxylation is 1. The number of carbonyl (C=O) groups excluding carboxylic acids is 1. The lowest BCUT2D eigenvalue weighted by molar-refractivity contribution is 0.100. The van der Waals surface area contributed by atoms with Gasteiger partial charge in [-0.3, -0.25) is 14.2 Å². The van der Waals surface area contributed by atoms with Gasteiger partial charge in [-0.2, -0.15) is 19.1 Å². The smallest absolute Gasteiger partial charge is 0.278 e. The Morgan fingerprint density at radius 1 is 1.28 bits per heavy atom. The normalized spacial score (nSPS) is 11.0. The van der Waals surface area contributed by atoms with Crippen LogP contribution < -0.4 is 21.9 Å². The lowest BCUT2D eigenvalue weighted by Crippen LogP contribution is -2.21. The van der Waals surface area contributed by atoms with Gasteiger partial charge in [-0.25, -0.2) is 9.67 Å². The van der Waals surface area contributed by atoms with Crippen LogP contribution in [0, 0.1) is 5.95 Å². The second kappa shape index (κ2) is 6.74. The molecule has 4 aromatic heterocycles. The van der Waals surface area contributed by atoms with E-state index in [2.05, 4.69) is 25.8 Å². The van der Waals surface area contributed by atoms with E-state index in [1.807, 2.05) is 0 Å². The molecular weight excluding hydrogens is 381 g/mol. The average Bonchev–Trinajstić information content (AvgIpc) is 3.27. The number of amides is 1. The minimum Gasteiger partial charge on any atom is -0.373 e. The van der Waals surface area contributed by atoms with Crippen LogP contribution in [0.3, 0.4) is 0 Å². The summed E-state index contributed by atoms with van der Waals surface area (Å²) in [5.41, 5.74) is 5.39. The Morgan fingerprint density at radius 3 is 2.72 bits per heavy atom. The number of pyridine rings is 1. The molecule has 0 bridgehead atoms. The van der Waals surface area contributed by atoms with Crippen LogP contribution >= 0.6 is 0 Å². The summed E-state index contributed by atoms with van der Waals surface area (Å²) in [5.74, 6) is -0.543. The summed E-state index contributed by atoms with van der Waals surface area (Å²) in [6.07, 6.45) is 4.01. The first kappa shape index (κ1) is 18.2. The highest BCUT2D eigenvalue weighted by Gasteiger charge is 2.16. The zero-order valence-corrected chi connectivity index (χ0v) is 15.4. The van der Waals surface area contributed by atoms with E-state index >= 15 is 0 Å². The van der Waals surface area contributed by atoms with Crippen LogP contribution in [-0.2, 0) is 7.05 Å². The van der Waals surface area contributed by atoms with Gasteiger partial charge in [-0.1, -0.05) is 0 Å². The molecule has 1 amide bonds. The molecule has 148 valence electrons. The van der Waals surface area contributed by atoms with Crippen LogP contribution in [0.5, 0.6) is 0 Å². The van der Waals surface area contributed by atoms with Gasteiger partial charge in [0.15, 0.2) is 5.65 Å². The topological polar surface area (TPSA) is 137 Å². The maximum Gasteiger partial charge on any atom is 0.278 e. The van der Waals surface area contributed by atoms with Crippen LogP contribution in [0.25, 0.3) is 11.3 Å². The Hall–Kier alpha value is -4.22. The molecule has 0 aliphatic carbocycles. The summed E-state index contributed by atoms with van der Waals surface area (Å²) in [7, 11) is 3.11. The average molecular weight is 397 g/mol. The van der Waals surface area contributed by atoms with E-state index in [1.165, 1.54) is 36.2 Å². The Bertz CT molecular complexity index is 1300. The first-order valence-corrected chi connectivity index (χ1v) is 8.43. The van der Waals surface area contributed by atoms with Crippen molar-refractivity contribution in [2.45, 2.75) is 0 Å². The van der Waals surface area contributed by atoms with Crippen LogP contribution in [-0.4, -0.2) is 41.9 Å². The molecule has 0 fully saturated rings. The Kier molecular flexibility index (Phi) is 4.22. The summed E-state index contributed by atoms with van der Waals surface area (Å²) < 4.78 is 17.8. The van der Waals surface area contributed by atoms with Crippen LogP contribution in [0.2, 0.25) is 0 Å². The fourth-order valence-electron chi connectivity index (χ4n) is 2.87. The highest BCUT2D eigenvalue weighted by atomic mass is 19.1. The summed E-state index contributed by atoms with van der Waals surface area (Å²) in [6.45, 7) is 0. The first-order chi connectivity index (χ1) is 13.9. The lowest BCUT2D eigenvalue weighted by Gasteiger charge is -2.11. The van der Waals surface area contributed by atoms with Gasteiger partial charge in [-0.05, 0) is 12.1 Å². The van der Waals surface area contributed by atoms with Crippen molar-refractivity contribution in [3.05, 3.63) is 58.7 Å². The zero-order valence-electron chi connectivity index (χ0n) is 15.4. The van der Waals surface area contributed by atoms with Crippen molar-refractivity contribution in [3.8, 4) is 5.69 Å². The number of hydrogen-bond donors (Lipinski definition) is 3. The Morgan fingerprint density at radius 2 is 2.07 bits per heavy atom. The predicted octanol–water partition coefficient (Wildman–Crippen LogP) is 0.637. The molecule has 4 N–H and O–H groups in total. The van der Waals surface area contributed by atoms with Crippen molar-refractivity contribution in [1.82, 2.24) is 28.9 Å². The fourth-order valence-corrected chi connectivity index (χ4v) is 2.87. The van der Waals surface area contributed by atoms with Crippen LogP contribution in [0.4, 0.5) is 21.7 Å². The molecule has 0 aliphatic heterocycles. The number of anilines is 3. The predicted molar refractivity (Wildman–Crippen MR) is 103 cm³/mol. The second-order valence-electron chi connectivity index (χ2n) is 6.10. The summed E-state index contributed by atoms with van der Waals surface area (Å²) >= 11 is 0. The van der Waals surface area contributed by atoms with E-state index in [0.717, 1.165) is 9.25 Å². The van der Waals surface area contributed by atoms with Gasteiger partial charge in [0, 0.05) is 26.4 Å². The quantitative estimate of drug-likeness (QED) is 0.449. The number of rotatable bonds is 5. The number of carbonyl (C=O) groups is 1. The van der Waals surface area contributed by atoms with Gasteiger partial charge in [0.25, 0.3) is 11.5 Å². The maximum absolute atomic E-state index is 14.2.